The number of halogens is 3. The van der Waals surface area contributed by atoms with Gasteiger partial charge < -0.3 is 4.90 Å². The Kier molecular flexibility index (Phi) is 4.74. The summed E-state index contributed by atoms with van der Waals surface area (Å²) in [5.74, 6) is -0.713. The van der Waals surface area contributed by atoms with Crippen LogP contribution in [0.1, 0.15) is 20.7 Å². The molecule has 7 nitrogen and oxygen atoms in total. The number of hydroxylamine groups is 2. The number of nitrogens with zero attached hydrogens (tertiary/aromatic N) is 2. The second-order valence-corrected chi connectivity index (χ2v) is 9.08. The summed E-state index contributed by atoms with van der Waals surface area (Å²) in [5, 5.41) is 0.506. The van der Waals surface area contributed by atoms with Gasteiger partial charge in [0.05, 0.1) is 11.1 Å². The molecule has 0 radical (unpaired) electrons. The lowest BCUT2D eigenvalue weighted by atomic mass is 9.93. The first kappa shape index (κ1) is 20.0. The van der Waals surface area contributed by atoms with E-state index in [1.807, 2.05) is 11.8 Å². The zero-order valence-electron chi connectivity index (χ0n) is 14.6. The SMILES string of the molecule is O=C1c2cccc3c(N4CCSCC4)ccc(c23)C(=O)N1OS(=O)(=O)C(F)(F)F. The number of hydrogen-bond acceptors (Lipinski definition) is 7. The number of hydrogen-bond donors (Lipinski definition) is 0. The molecule has 0 atom stereocenters. The third kappa shape index (κ3) is 3.24. The number of imide groups is 1. The summed E-state index contributed by atoms with van der Waals surface area (Å²) in [7, 11) is -6.19. The van der Waals surface area contributed by atoms with Gasteiger partial charge in [-0.3, -0.25) is 9.59 Å². The van der Waals surface area contributed by atoms with Crippen LogP contribution in [0, 0.1) is 0 Å². The number of alkyl halides is 3. The number of thioether (sulfide) groups is 1. The first-order valence-corrected chi connectivity index (χ1v) is 11.0. The van der Waals surface area contributed by atoms with E-state index in [0.717, 1.165) is 30.3 Å². The van der Waals surface area contributed by atoms with Crippen molar-refractivity contribution in [3.8, 4) is 0 Å². The van der Waals surface area contributed by atoms with Gasteiger partial charge in [0.2, 0.25) is 0 Å². The monoisotopic (exact) mass is 446 g/mol. The predicted molar refractivity (Wildman–Crippen MR) is 100 cm³/mol. The van der Waals surface area contributed by atoms with Crippen LogP contribution in [0.3, 0.4) is 0 Å². The third-order valence-electron chi connectivity index (χ3n) is 4.66. The second-order valence-electron chi connectivity index (χ2n) is 6.34. The Labute approximate surface area is 167 Å². The van der Waals surface area contributed by atoms with Gasteiger partial charge in [-0.05, 0) is 18.2 Å². The average molecular weight is 446 g/mol. The van der Waals surface area contributed by atoms with Gasteiger partial charge in [-0.2, -0.15) is 33.4 Å². The van der Waals surface area contributed by atoms with Crippen LogP contribution < -0.4 is 4.90 Å². The molecule has 2 heterocycles. The Hall–Kier alpha value is -2.31. The summed E-state index contributed by atoms with van der Waals surface area (Å²) in [6, 6.07) is 7.56. The lowest BCUT2D eigenvalue weighted by molar-refractivity contribution is -0.0761. The molecule has 2 aliphatic rings. The van der Waals surface area contributed by atoms with E-state index in [2.05, 4.69) is 9.18 Å². The lowest BCUT2D eigenvalue weighted by Gasteiger charge is -2.31. The van der Waals surface area contributed by atoms with Crippen LogP contribution in [-0.2, 0) is 14.4 Å². The van der Waals surface area contributed by atoms with Gasteiger partial charge in [0.15, 0.2) is 0 Å². The van der Waals surface area contributed by atoms with Gasteiger partial charge in [-0.25, -0.2) is 0 Å². The van der Waals surface area contributed by atoms with Crippen LogP contribution in [0.25, 0.3) is 10.8 Å². The largest absolute Gasteiger partial charge is 0.525 e. The minimum Gasteiger partial charge on any atom is -0.369 e. The molecule has 4 rings (SSSR count). The Morgan fingerprint density at radius 1 is 0.966 bits per heavy atom. The van der Waals surface area contributed by atoms with Crippen molar-refractivity contribution >= 4 is 50.2 Å². The van der Waals surface area contributed by atoms with Gasteiger partial charge in [0, 0.05) is 41.1 Å². The van der Waals surface area contributed by atoms with Gasteiger partial charge >= 0.3 is 15.6 Å². The molecule has 0 aromatic heterocycles. The fraction of sp³-hybridized carbons (Fsp3) is 0.294. The summed E-state index contributed by atoms with van der Waals surface area (Å²) >= 11 is 1.81. The molecule has 29 heavy (non-hydrogen) atoms. The van der Waals surface area contributed by atoms with Crippen molar-refractivity contribution in [1.82, 2.24) is 5.06 Å². The normalized spacial score (nSPS) is 17.9. The summed E-state index contributed by atoms with van der Waals surface area (Å²) in [4.78, 5) is 27.4. The van der Waals surface area contributed by atoms with Gasteiger partial charge in [0.25, 0.3) is 11.8 Å². The third-order valence-corrected chi connectivity index (χ3v) is 6.51. The number of rotatable bonds is 3. The molecular formula is C17H13F3N2O5S2. The van der Waals surface area contributed by atoms with Crippen molar-refractivity contribution in [1.29, 1.82) is 0 Å². The standard InChI is InChI=1S/C17H13F3N2O5S2/c18-17(19,20)29(25,26)27-22-15(23)11-3-1-2-10-13(21-6-8-28-9-7-21)5-4-12(14(10)11)16(22)24/h1-5H,6-9H2. The van der Waals surface area contributed by atoms with Gasteiger partial charge in [0.1, 0.15) is 0 Å². The van der Waals surface area contributed by atoms with Crippen LogP contribution >= 0.6 is 11.8 Å². The molecule has 0 aliphatic carbocycles. The fourth-order valence-electron chi connectivity index (χ4n) is 3.35. The topological polar surface area (TPSA) is 84.0 Å². The van der Waals surface area contributed by atoms with Crippen LogP contribution in [0.5, 0.6) is 0 Å². The lowest BCUT2D eigenvalue weighted by Crippen LogP contribution is -2.44. The predicted octanol–water partition coefficient (Wildman–Crippen LogP) is 2.77. The van der Waals surface area contributed by atoms with Crippen molar-refractivity contribution in [3.05, 3.63) is 41.5 Å². The molecule has 2 aromatic rings. The molecule has 2 aromatic carbocycles. The van der Waals surface area contributed by atoms with Crippen molar-refractivity contribution in [2.45, 2.75) is 5.51 Å². The summed E-state index contributed by atoms with van der Waals surface area (Å²) in [6.07, 6.45) is 0. The maximum absolute atomic E-state index is 12.7. The minimum absolute atomic E-state index is 0.109. The second kappa shape index (κ2) is 6.89. The highest BCUT2D eigenvalue weighted by atomic mass is 32.2. The van der Waals surface area contributed by atoms with Crippen molar-refractivity contribution in [3.63, 3.8) is 0 Å². The summed E-state index contributed by atoms with van der Waals surface area (Å²) in [6.45, 7) is 1.54. The average Bonchev–Trinajstić information content (AvgIpc) is 2.68. The van der Waals surface area contributed by atoms with Crippen LogP contribution in [-0.4, -0.2) is 55.4 Å². The van der Waals surface area contributed by atoms with Crippen LogP contribution in [0.2, 0.25) is 0 Å². The van der Waals surface area contributed by atoms with Crippen molar-refractivity contribution in [2.75, 3.05) is 29.5 Å². The first-order chi connectivity index (χ1) is 13.6. The molecule has 0 saturated carbocycles. The molecule has 0 bridgehead atoms. The molecule has 0 unspecified atom stereocenters. The molecule has 154 valence electrons. The Bertz CT molecular complexity index is 1110. The van der Waals surface area contributed by atoms with Crippen LogP contribution in [0.15, 0.2) is 30.3 Å². The molecule has 2 aliphatic heterocycles. The highest BCUT2D eigenvalue weighted by Crippen LogP contribution is 2.37. The quantitative estimate of drug-likeness (QED) is 0.530. The highest BCUT2D eigenvalue weighted by molar-refractivity contribution is 7.99. The molecule has 12 heteroatoms. The number of carbonyl (C=O) groups is 2. The van der Waals surface area contributed by atoms with E-state index in [9.17, 15) is 31.2 Å². The Morgan fingerprint density at radius 3 is 2.21 bits per heavy atom. The van der Waals surface area contributed by atoms with E-state index in [0.29, 0.717) is 5.39 Å². The molecule has 1 saturated heterocycles. The smallest absolute Gasteiger partial charge is 0.369 e. The molecule has 2 amide bonds. The number of amides is 2. The molecule has 1 fully saturated rings. The van der Waals surface area contributed by atoms with E-state index in [-0.39, 0.29) is 21.6 Å². The van der Waals surface area contributed by atoms with E-state index < -0.39 is 27.4 Å². The Morgan fingerprint density at radius 2 is 1.59 bits per heavy atom. The van der Waals surface area contributed by atoms with Crippen molar-refractivity contribution in [2.24, 2.45) is 0 Å². The van der Waals surface area contributed by atoms with Gasteiger partial charge in [-0.15, -0.1) is 9.35 Å². The zero-order chi connectivity index (χ0) is 21.0. The van der Waals surface area contributed by atoms with E-state index in [1.165, 1.54) is 18.2 Å². The highest BCUT2D eigenvalue weighted by Gasteiger charge is 2.51. The maximum Gasteiger partial charge on any atom is 0.525 e. The number of carbonyl (C=O) groups excluding carboxylic acids is 2. The van der Waals surface area contributed by atoms with Crippen molar-refractivity contribution < 1.29 is 35.5 Å². The minimum atomic E-state index is -6.19. The number of benzene rings is 2. The van der Waals surface area contributed by atoms with Gasteiger partial charge in [-0.1, -0.05) is 12.1 Å². The molecular weight excluding hydrogens is 433 g/mol. The van der Waals surface area contributed by atoms with E-state index >= 15 is 0 Å². The van der Waals surface area contributed by atoms with Crippen LogP contribution in [0.4, 0.5) is 18.9 Å². The summed E-state index contributed by atoms with van der Waals surface area (Å²) in [5.41, 5.74) is -5.20. The molecule has 0 N–H and O–H groups in total. The first-order valence-electron chi connectivity index (χ1n) is 8.40. The molecule has 0 spiro atoms. The Balaban J connectivity index is 1.82. The maximum atomic E-state index is 12.7. The fourth-order valence-corrected chi connectivity index (χ4v) is 4.67. The zero-order valence-corrected chi connectivity index (χ0v) is 16.2. The van der Waals surface area contributed by atoms with E-state index in [1.54, 1.807) is 12.1 Å². The number of anilines is 1. The van der Waals surface area contributed by atoms with E-state index in [4.69, 9.17) is 0 Å². The summed E-state index contributed by atoms with van der Waals surface area (Å²) < 4.78 is 64.5.